The number of thiazole rings is 1. The molecule has 2 heterocycles. The summed E-state index contributed by atoms with van der Waals surface area (Å²) in [6.45, 7) is 2.06. The van der Waals surface area contributed by atoms with Crippen LogP contribution in [0.2, 0.25) is 0 Å². The summed E-state index contributed by atoms with van der Waals surface area (Å²) in [6.07, 6.45) is 1.48. The third-order valence-corrected chi connectivity index (χ3v) is 5.29. The summed E-state index contributed by atoms with van der Waals surface area (Å²) < 4.78 is 6.29. The summed E-state index contributed by atoms with van der Waals surface area (Å²) in [5.74, 6) is 1.89. The highest BCUT2D eigenvalue weighted by Gasteiger charge is 2.13. The van der Waals surface area contributed by atoms with E-state index in [0.717, 1.165) is 21.5 Å². The molecule has 0 bridgehead atoms. The molecule has 0 saturated carbocycles. The number of nitrogen functional groups attached to an aromatic ring is 1. The normalized spacial score (nSPS) is 11.9. The molecule has 1 unspecified atom stereocenters. The number of nitrogens with zero attached hydrogens (tertiary/aromatic N) is 3. The molecular weight excluding hydrogens is 372 g/mol. The maximum Gasteiger partial charge on any atom is 0.189 e. The fourth-order valence-electron chi connectivity index (χ4n) is 2.83. The van der Waals surface area contributed by atoms with Crippen LogP contribution >= 0.6 is 11.3 Å². The number of ether oxygens (including phenoxy) is 1. The molecule has 4 aromatic rings. The zero-order chi connectivity index (χ0) is 19.5. The quantitative estimate of drug-likeness (QED) is 0.441. The Balaban J connectivity index is 1.56. The molecule has 8 heteroatoms. The molecular formula is C20H20N6OS. The lowest BCUT2D eigenvalue weighted by molar-refractivity contribution is 0.415. The van der Waals surface area contributed by atoms with Crippen molar-refractivity contribution in [1.29, 1.82) is 0 Å². The van der Waals surface area contributed by atoms with Crippen LogP contribution in [0.5, 0.6) is 5.75 Å². The van der Waals surface area contributed by atoms with E-state index in [-0.39, 0.29) is 6.04 Å². The Hall–Kier alpha value is -3.39. The van der Waals surface area contributed by atoms with E-state index in [1.165, 1.54) is 17.7 Å². The number of hydrogen-bond acceptors (Lipinski definition) is 8. The fourth-order valence-corrected chi connectivity index (χ4v) is 3.72. The molecule has 28 heavy (non-hydrogen) atoms. The second kappa shape index (κ2) is 7.69. The monoisotopic (exact) mass is 392 g/mol. The van der Waals surface area contributed by atoms with Gasteiger partial charge in [0.15, 0.2) is 16.8 Å². The van der Waals surface area contributed by atoms with Gasteiger partial charge in [0.25, 0.3) is 0 Å². The topological polar surface area (TPSA) is 98.0 Å². The average Bonchev–Trinajstić information content (AvgIpc) is 3.13. The highest BCUT2D eigenvalue weighted by molar-refractivity contribution is 7.22. The van der Waals surface area contributed by atoms with Gasteiger partial charge >= 0.3 is 0 Å². The lowest BCUT2D eigenvalue weighted by atomic mass is 10.1. The van der Waals surface area contributed by atoms with Gasteiger partial charge in [-0.15, -0.1) is 0 Å². The third-order valence-electron chi connectivity index (χ3n) is 4.36. The summed E-state index contributed by atoms with van der Waals surface area (Å²) in [7, 11) is 1.65. The average molecular weight is 392 g/mol. The fraction of sp³-hybridized carbons (Fsp3) is 0.150. The van der Waals surface area contributed by atoms with Gasteiger partial charge in [0.1, 0.15) is 17.8 Å². The molecule has 1 atom stereocenters. The van der Waals surface area contributed by atoms with E-state index in [1.54, 1.807) is 7.11 Å². The highest BCUT2D eigenvalue weighted by atomic mass is 32.1. The van der Waals surface area contributed by atoms with Crippen LogP contribution in [0.15, 0.2) is 54.9 Å². The minimum absolute atomic E-state index is 0.0566. The van der Waals surface area contributed by atoms with Crippen LogP contribution in [0.3, 0.4) is 0 Å². The number of benzene rings is 2. The second-order valence-electron chi connectivity index (χ2n) is 6.24. The van der Waals surface area contributed by atoms with Gasteiger partial charge in [0, 0.05) is 0 Å². The summed E-state index contributed by atoms with van der Waals surface area (Å²) in [5.41, 5.74) is 8.79. The maximum absolute atomic E-state index is 6.30. The molecule has 0 aliphatic rings. The third kappa shape index (κ3) is 3.67. The predicted octanol–water partition coefficient (Wildman–Crippen LogP) is 4.59. The van der Waals surface area contributed by atoms with Crippen molar-refractivity contribution < 1.29 is 4.74 Å². The molecule has 0 aliphatic heterocycles. The first-order chi connectivity index (χ1) is 13.6. The van der Waals surface area contributed by atoms with E-state index in [1.807, 2.05) is 36.4 Å². The van der Waals surface area contributed by atoms with Crippen molar-refractivity contribution in [2.24, 2.45) is 0 Å². The summed E-state index contributed by atoms with van der Waals surface area (Å²) in [5, 5.41) is 7.25. The van der Waals surface area contributed by atoms with Gasteiger partial charge in [-0.2, -0.15) is 0 Å². The Morgan fingerprint density at radius 3 is 2.64 bits per heavy atom. The van der Waals surface area contributed by atoms with Gasteiger partial charge in [0.05, 0.1) is 23.4 Å². The largest absolute Gasteiger partial charge is 0.497 e. The molecule has 0 amide bonds. The van der Waals surface area contributed by atoms with Crippen molar-refractivity contribution in [2.45, 2.75) is 13.0 Å². The first-order valence-corrected chi connectivity index (χ1v) is 9.59. The Morgan fingerprint density at radius 2 is 1.86 bits per heavy atom. The molecule has 0 radical (unpaired) electrons. The Bertz CT molecular complexity index is 1100. The summed E-state index contributed by atoms with van der Waals surface area (Å²) >= 11 is 1.51. The molecule has 0 fully saturated rings. The first kappa shape index (κ1) is 18.0. The van der Waals surface area contributed by atoms with Crippen molar-refractivity contribution in [3.8, 4) is 5.75 Å². The van der Waals surface area contributed by atoms with Gasteiger partial charge in [-0.3, -0.25) is 0 Å². The van der Waals surface area contributed by atoms with E-state index in [0.29, 0.717) is 22.5 Å². The molecule has 0 aliphatic carbocycles. The van der Waals surface area contributed by atoms with Gasteiger partial charge in [-0.05, 0) is 30.7 Å². The van der Waals surface area contributed by atoms with Crippen molar-refractivity contribution in [3.05, 3.63) is 60.4 Å². The van der Waals surface area contributed by atoms with Crippen LogP contribution in [0.4, 0.5) is 22.5 Å². The number of nitrogens with two attached hydrogens (primary N) is 1. The maximum atomic E-state index is 6.30. The highest BCUT2D eigenvalue weighted by Crippen LogP contribution is 2.33. The Morgan fingerprint density at radius 1 is 1.07 bits per heavy atom. The SMILES string of the molecule is COc1ccc2nc(Nc3ncnc(NC(C)c4ccccc4)c3N)sc2c1. The lowest BCUT2D eigenvalue weighted by Gasteiger charge is -2.17. The molecule has 0 spiro atoms. The number of rotatable bonds is 6. The minimum Gasteiger partial charge on any atom is -0.497 e. The van der Waals surface area contributed by atoms with Crippen molar-refractivity contribution in [2.75, 3.05) is 23.5 Å². The van der Waals surface area contributed by atoms with Crippen molar-refractivity contribution >= 4 is 44.0 Å². The van der Waals surface area contributed by atoms with Crippen molar-refractivity contribution in [1.82, 2.24) is 15.0 Å². The molecule has 7 nitrogen and oxygen atoms in total. The van der Waals surface area contributed by atoms with Gasteiger partial charge in [-0.25, -0.2) is 15.0 Å². The number of fused-ring (bicyclic) bond motifs is 1. The van der Waals surface area contributed by atoms with Gasteiger partial charge < -0.3 is 21.1 Å². The molecule has 4 N–H and O–H groups in total. The zero-order valence-electron chi connectivity index (χ0n) is 15.5. The van der Waals surface area contributed by atoms with Crippen LogP contribution < -0.4 is 21.1 Å². The van der Waals surface area contributed by atoms with Crippen molar-refractivity contribution in [3.63, 3.8) is 0 Å². The standard InChI is InChI=1S/C20H20N6OS/c1-12(13-6-4-3-5-7-13)24-18-17(21)19(23-11-22-18)26-20-25-15-9-8-14(27-2)10-16(15)28-20/h3-12H,21H2,1-2H3,(H2,22,23,24,25,26). The van der Waals surface area contributed by atoms with Crippen LogP contribution in [0.1, 0.15) is 18.5 Å². The zero-order valence-corrected chi connectivity index (χ0v) is 16.3. The van der Waals surface area contributed by atoms with Crippen LogP contribution in [-0.4, -0.2) is 22.1 Å². The molecule has 4 rings (SSSR count). The van der Waals surface area contributed by atoms with Crippen LogP contribution in [0, 0.1) is 0 Å². The van der Waals surface area contributed by atoms with Gasteiger partial charge in [0.2, 0.25) is 0 Å². The van der Waals surface area contributed by atoms with E-state index in [2.05, 4.69) is 44.6 Å². The molecule has 142 valence electrons. The lowest BCUT2D eigenvalue weighted by Crippen LogP contribution is -2.11. The first-order valence-electron chi connectivity index (χ1n) is 8.77. The number of methoxy groups -OCH3 is 1. The summed E-state index contributed by atoms with van der Waals surface area (Å²) in [4.78, 5) is 13.1. The van der Waals surface area contributed by atoms with Crippen LogP contribution in [-0.2, 0) is 0 Å². The smallest absolute Gasteiger partial charge is 0.189 e. The number of hydrogen-bond donors (Lipinski definition) is 3. The van der Waals surface area contributed by atoms with Crippen LogP contribution in [0.25, 0.3) is 10.2 Å². The minimum atomic E-state index is 0.0566. The predicted molar refractivity (Wildman–Crippen MR) is 114 cm³/mol. The van der Waals surface area contributed by atoms with E-state index in [9.17, 15) is 0 Å². The Kier molecular flexibility index (Phi) is 4.94. The number of aromatic nitrogens is 3. The van der Waals surface area contributed by atoms with E-state index in [4.69, 9.17) is 10.5 Å². The van der Waals surface area contributed by atoms with E-state index >= 15 is 0 Å². The number of nitrogens with one attached hydrogen (secondary N) is 2. The Labute approximate surface area is 166 Å². The summed E-state index contributed by atoms with van der Waals surface area (Å²) in [6, 6.07) is 15.9. The molecule has 0 saturated heterocycles. The number of anilines is 4. The van der Waals surface area contributed by atoms with Gasteiger partial charge in [-0.1, -0.05) is 41.7 Å². The second-order valence-corrected chi connectivity index (χ2v) is 7.27. The van der Waals surface area contributed by atoms with E-state index < -0.39 is 0 Å². The molecule has 2 aromatic heterocycles. The molecule has 2 aromatic carbocycles.